The highest BCUT2D eigenvalue weighted by molar-refractivity contribution is 5.75. The maximum absolute atomic E-state index is 12.2. The van der Waals surface area contributed by atoms with Crippen LogP contribution in [0.25, 0.3) is 0 Å². The van der Waals surface area contributed by atoms with E-state index in [1.807, 2.05) is 13.8 Å². The fraction of sp³-hybridized carbons (Fsp3) is 0.885. The second-order valence-electron chi connectivity index (χ2n) is 12.1. The third kappa shape index (κ3) is 4.47. The Morgan fingerprint density at radius 1 is 1.14 bits per heavy atom. The van der Waals surface area contributed by atoms with Gasteiger partial charge in [-0.3, -0.25) is 4.79 Å². The van der Waals surface area contributed by atoms with Crippen LogP contribution in [0, 0.1) is 28.1 Å². The van der Waals surface area contributed by atoms with Gasteiger partial charge in [0, 0.05) is 0 Å². The predicted octanol–water partition coefficient (Wildman–Crippen LogP) is 1.20. The first-order valence-corrected chi connectivity index (χ1v) is 12.9. The van der Waals surface area contributed by atoms with Gasteiger partial charge in [-0.25, -0.2) is 0 Å². The maximum Gasteiger partial charge on any atom is 0.309 e. The molecule has 0 amide bonds. The highest BCUT2D eigenvalue weighted by atomic mass is 16.7. The van der Waals surface area contributed by atoms with E-state index in [0.717, 1.165) is 32.1 Å². The first-order valence-electron chi connectivity index (χ1n) is 12.9. The van der Waals surface area contributed by atoms with Crippen molar-refractivity contribution < 1.29 is 44.9 Å². The minimum Gasteiger partial charge on any atom is -0.481 e. The van der Waals surface area contributed by atoms with Crippen molar-refractivity contribution in [3.05, 3.63) is 11.6 Å². The number of rotatable bonds is 6. The smallest absolute Gasteiger partial charge is 0.309 e. The summed E-state index contributed by atoms with van der Waals surface area (Å²) >= 11 is 0. The molecule has 11 unspecified atom stereocenters. The van der Waals surface area contributed by atoms with Gasteiger partial charge in [-0.1, -0.05) is 31.9 Å². The van der Waals surface area contributed by atoms with E-state index in [4.69, 9.17) is 9.47 Å². The Balaban J connectivity index is 1.44. The van der Waals surface area contributed by atoms with Crippen LogP contribution in [0.1, 0.15) is 65.7 Å². The van der Waals surface area contributed by atoms with Crippen LogP contribution in [-0.4, -0.2) is 86.6 Å². The van der Waals surface area contributed by atoms with Gasteiger partial charge in [0.1, 0.15) is 24.4 Å². The van der Waals surface area contributed by atoms with Gasteiger partial charge in [0.15, 0.2) is 6.29 Å². The van der Waals surface area contributed by atoms with Crippen LogP contribution in [0.3, 0.4) is 0 Å². The average Bonchev–Trinajstić information content (AvgIpc) is 2.81. The number of aliphatic hydroxyl groups excluding tert-OH is 5. The Morgan fingerprint density at radius 3 is 2.51 bits per heavy atom. The van der Waals surface area contributed by atoms with Gasteiger partial charge in [-0.2, -0.15) is 0 Å². The molecule has 6 N–H and O–H groups in total. The number of hydrogen-bond acceptors (Lipinski definition) is 8. The summed E-state index contributed by atoms with van der Waals surface area (Å²) in [6.45, 7) is 5.51. The molecule has 3 fully saturated rings. The van der Waals surface area contributed by atoms with E-state index in [2.05, 4.69) is 13.0 Å². The minimum atomic E-state index is -1.53. The molecule has 1 heterocycles. The van der Waals surface area contributed by atoms with Crippen LogP contribution < -0.4 is 0 Å². The molecule has 0 radical (unpaired) electrons. The normalized spacial score (nSPS) is 48.9. The molecular weight excluding hydrogens is 456 g/mol. The number of fused-ring (bicyclic) bond motifs is 3. The molecule has 0 aromatic rings. The Kier molecular flexibility index (Phi) is 7.45. The third-order valence-corrected chi connectivity index (χ3v) is 10.0. The average molecular weight is 499 g/mol. The predicted molar refractivity (Wildman–Crippen MR) is 125 cm³/mol. The molecule has 35 heavy (non-hydrogen) atoms. The Labute approximate surface area is 206 Å². The number of carboxylic acid groups (broad SMARTS) is 1. The Morgan fingerprint density at radius 2 is 1.86 bits per heavy atom. The number of aliphatic hydroxyl groups is 5. The monoisotopic (exact) mass is 498 g/mol. The summed E-state index contributed by atoms with van der Waals surface area (Å²) in [7, 11) is 0. The van der Waals surface area contributed by atoms with E-state index in [9.17, 15) is 35.4 Å². The lowest BCUT2D eigenvalue weighted by Crippen LogP contribution is -2.59. The van der Waals surface area contributed by atoms with Crippen LogP contribution in [0.4, 0.5) is 0 Å². The molecule has 0 spiro atoms. The van der Waals surface area contributed by atoms with Gasteiger partial charge in [0.25, 0.3) is 0 Å². The zero-order valence-electron chi connectivity index (χ0n) is 21.0. The van der Waals surface area contributed by atoms with Crippen molar-refractivity contribution in [1.82, 2.24) is 0 Å². The zero-order chi connectivity index (χ0) is 25.8. The summed E-state index contributed by atoms with van der Waals surface area (Å²) in [4.78, 5) is 12.2. The highest BCUT2D eigenvalue weighted by Gasteiger charge is 2.58. The number of allylic oxidation sites excluding steroid dienone is 2. The topological polar surface area (TPSA) is 157 Å². The molecule has 4 rings (SSSR count). The molecular formula is C26H42O9. The van der Waals surface area contributed by atoms with Gasteiger partial charge in [-0.05, 0) is 68.1 Å². The Hall–Kier alpha value is -1.07. The van der Waals surface area contributed by atoms with E-state index >= 15 is 0 Å². The third-order valence-electron chi connectivity index (χ3n) is 10.0. The van der Waals surface area contributed by atoms with Crippen molar-refractivity contribution in [3.63, 3.8) is 0 Å². The molecule has 2 saturated carbocycles. The standard InChI is InChI=1S/C26H42O9/c1-24(18(28)13-34-22-21(31)20(30)19(29)16(12-27)35-22)10-7-15-14(11-24)5-6-17-25(15,2)8-4-9-26(17,3)23(32)33/h5,15-22,27-31H,4,6-13H2,1-3H3,(H,32,33). The number of aliphatic carboxylic acids is 1. The fourth-order valence-corrected chi connectivity index (χ4v) is 7.57. The largest absolute Gasteiger partial charge is 0.481 e. The minimum absolute atomic E-state index is 0.0748. The van der Waals surface area contributed by atoms with Crippen molar-refractivity contribution in [3.8, 4) is 0 Å². The molecule has 0 bridgehead atoms. The van der Waals surface area contributed by atoms with Gasteiger partial charge < -0.3 is 40.1 Å². The lowest BCUT2D eigenvalue weighted by Gasteiger charge is -2.59. The fourth-order valence-electron chi connectivity index (χ4n) is 7.57. The van der Waals surface area contributed by atoms with E-state index in [0.29, 0.717) is 18.8 Å². The van der Waals surface area contributed by atoms with Gasteiger partial charge in [0.05, 0.1) is 24.7 Å². The summed E-state index contributed by atoms with van der Waals surface area (Å²) in [5.41, 5.74) is 0.0344. The Bertz CT molecular complexity index is 830. The zero-order valence-corrected chi connectivity index (χ0v) is 21.0. The molecule has 1 saturated heterocycles. The summed E-state index contributed by atoms with van der Waals surface area (Å²) in [5.74, 6) is -0.308. The molecule has 11 atom stereocenters. The summed E-state index contributed by atoms with van der Waals surface area (Å²) in [6.07, 6.45) is 0.198. The maximum atomic E-state index is 12.2. The highest BCUT2D eigenvalue weighted by Crippen LogP contribution is 2.64. The summed E-state index contributed by atoms with van der Waals surface area (Å²) < 4.78 is 11.0. The second kappa shape index (κ2) is 9.67. The van der Waals surface area contributed by atoms with Crippen LogP contribution in [-0.2, 0) is 14.3 Å². The first-order chi connectivity index (χ1) is 16.4. The van der Waals surface area contributed by atoms with Crippen molar-refractivity contribution in [2.45, 2.75) is 103 Å². The molecule has 9 heteroatoms. The first kappa shape index (κ1) is 27.0. The second-order valence-corrected chi connectivity index (χ2v) is 12.1. The molecule has 3 aliphatic carbocycles. The van der Waals surface area contributed by atoms with Crippen LogP contribution in [0.2, 0.25) is 0 Å². The van der Waals surface area contributed by atoms with Gasteiger partial charge >= 0.3 is 5.97 Å². The van der Waals surface area contributed by atoms with E-state index in [1.54, 1.807) is 0 Å². The number of carbonyl (C=O) groups is 1. The summed E-state index contributed by atoms with van der Waals surface area (Å²) in [6, 6.07) is 0. The number of hydrogen-bond donors (Lipinski definition) is 6. The molecule has 9 nitrogen and oxygen atoms in total. The lowest BCUT2D eigenvalue weighted by atomic mass is 9.45. The number of carboxylic acids is 1. The molecule has 200 valence electrons. The lowest BCUT2D eigenvalue weighted by molar-refractivity contribution is -0.306. The van der Waals surface area contributed by atoms with Gasteiger partial charge in [0.2, 0.25) is 0 Å². The van der Waals surface area contributed by atoms with Crippen LogP contribution >= 0.6 is 0 Å². The molecule has 4 aliphatic rings. The van der Waals surface area contributed by atoms with E-state index in [1.165, 1.54) is 5.57 Å². The van der Waals surface area contributed by atoms with Crippen molar-refractivity contribution in [1.29, 1.82) is 0 Å². The molecule has 0 aromatic heterocycles. The quantitative estimate of drug-likeness (QED) is 0.296. The van der Waals surface area contributed by atoms with Crippen LogP contribution in [0.15, 0.2) is 11.6 Å². The van der Waals surface area contributed by atoms with Crippen LogP contribution in [0.5, 0.6) is 0 Å². The van der Waals surface area contributed by atoms with Crippen molar-refractivity contribution in [2.24, 2.45) is 28.1 Å². The van der Waals surface area contributed by atoms with Crippen molar-refractivity contribution >= 4 is 5.97 Å². The summed E-state index contributed by atoms with van der Waals surface area (Å²) in [5, 5.41) is 60.6. The van der Waals surface area contributed by atoms with Gasteiger partial charge in [-0.15, -0.1) is 0 Å². The molecule has 0 aromatic carbocycles. The molecule has 1 aliphatic heterocycles. The van der Waals surface area contributed by atoms with Crippen molar-refractivity contribution in [2.75, 3.05) is 13.2 Å². The van der Waals surface area contributed by atoms with E-state index < -0.39 is 60.2 Å². The number of ether oxygens (including phenoxy) is 2. The van der Waals surface area contributed by atoms with E-state index in [-0.39, 0.29) is 17.9 Å². The SMILES string of the molecule is CC1(C(O)COC2OC(CO)C(O)C(O)C2O)CCC2C(=CCC3C(C)(C(=O)O)CCCC23C)C1.